The molecule has 0 spiro atoms. The van der Waals surface area contributed by atoms with Crippen LogP contribution in [0.5, 0.6) is 0 Å². The monoisotopic (exact) mass is 317 g/mol. The van der Waals surface area contributed by atoms with E-state index >= 15 is 0 Å². The van der Waals surface area contributed by atoms with Crippen LogP contribution in [0.3, 0.4) is 0 Å². The standard InChI is InChI=1S/C16H23N5O2/c1-2-20-6-5-17-16(20)21-9-7-19(8-10-21)13-15(22)18-12-14-4-3-11-23-14/h3-6,11H,2,7-10,12-13H2,1H3,(H,18,22). The van der Waals surface area contributed by atoms with Gasteiger partial charge < -0.3 is 19.2 Å². The Morgan fingerprint density at radius 3 is 2.87 bits per heavy atom. The van der Waals surface area contributed by atoms with Gasteiger partial charge >= 0.3 is 0 Å². The smallest absolute Gasteiger partial charge is 0.234 e. The molecule has 2 aromatic rings. The molecule has 124 valence electrons. The lowest BCUT2D eigenvalue weighted by Gasteiger charge is -2.35. The lowest BCUT2D eigenvalue weighted by Crippen LogP contribution is -2.50. The van der Waals surface area contributed by atoms with Crippen LogP contribution in [-0.4, -0.2) is 53.1 Å². The van der Waals surface area contributed by atoms with Gasteiger partial charge in [-0.25, -0.2) is 4.98 Å². The van der Waals surface area contributed by atoms with Crippen molar-refractivity contribution in [3.05, 3.63) is 36.5 Å². The van der Waals surface area contributed by atoms with E-state index in [2.05, 4.69) is 31.6 Å². The molecule has 0 aromatic carbocycles. The Kier molecular flexibility index (Phi) is 4.97. The second-order valence-corrected chi connectivity index (χ2v) is 5.63. The number of aryl methyl sites for hydroxylation is 1. The van der Waals surface area contributed by atoms with Crippen molar-refractivity contribution in [3.8, 4) is 0 Å². The van der Waals surface area contributed by atoms with Gasteiger partial charge in [0.2, 0.25) is 11.9 Å². The molecule has 0 radical (unpaired) electrons. The van der Waals surface area contributed by atoms with Crippen LogP contribution in [0, 0.1) is 0 Å². The summed E-state index contributed by atoms with van der Waals surface area (Å²) in [5.74, 6) is 1.83. The fourth-order valence-electron chi connectivity index (χ4n) is 2.80. The molecule has 1 N–H and O–H groups in total. The number of amides is 1. The quantitative estimate of drug-likeness (QED) is 0.859. The fourth-order valence-corrected chi connectivity index (χ4v) is 2.80. The molecule has 3 rings (SSSR count). The molecular formula is C16H23N5O2. The molecule has 0 bridgehead atoms. The third kappa shape index (κ3) is 3.92. The van der Waals surface area contributed by atoms with Crippen LogP contribution in [0.15, 0.2) is 35.2 Å². The second kappa shape index (κ2) is 7.32. The van der Waals surface area contributed by atoms with Gasteiger partial charge in [-0.2, -0.15) is 0 Å². The SMILES string of the molecule is CCn1ccnc1N1CCN(CC(=O)NCc2ccco2)CC1. The molecule has 7 heteroatoms. The minimum atomic E-state index is 0.0323. The molecule has 1 saturated heterocycles. The van der Waals surface area contributed by atoms with E-state index in [0.29, 0.717) is 13.1 Å². The van der Waals surface area contributed by atoms with Crippen LogP contribution in [-0.2, 0) is 17.9 Å². The molecule has 7 nitrogen and oxygen atoms in total. The minimum absolute atomic E-state index is 0.0323. The van der Waals surface area contributed by atoms with Crippen LogP contribution in [0.2, 0.25) is 0 Å². The lowest BCUT2D eigenvalue weighted by atomic mass is 10.3. The highest BCUT2D eigenvalue weighted by atomic mass is 16.3. The average molecular weight is 317 g/mol. The number of carbonyl (C=O) groups is 1. The molecule has 0 atom stereocenters. The number of anilines is 1. The summed E-state index contributed by atoms with van der Waals surface area (Å²) in [7, 11) is 0. The largest absolute Gasteiger partial charge is 0.467 e. The topological polar surface area (TPSA) is 66.5 Å². The Balaban J connectivity index is 1.43. The molecule has 3 heterocycles. The first-order chi connectivity index (χ1) is 11.3. The molecule has 0 unspecified atom stereocenters. The van der Waals surface area contributed by atoms with Crippen LogP contribution in [0.25, 0.3) is 0 Å². The number of carbonyl (C=O) groups excluding carboxylic acids is 1. The van der Waals surface area contributed by atoms with Crippen LogP contribution >= 0.6 is 0 Å². The van der Waals surface area contributed by atoms with Crippen molar-refractivity contribution in [2.45, 2.75) is 20.0 Å². The van der Waals surface area contributed by atoms with Gasteiger partial charge in [0.1, 0.15) is 5.76 Å². The second-order valence-electron chi connectivity index (χ2n) is 5.63. The van der Waals surface area contributed by atoms with E-state index in [1.165, 1.54) is 0 Å². The van der Waals surface area contributed by atoms with Crippen molar-refractivity contribution < 1.29 is 9.21 Å². The summed E-state index contributed by atoms with van der Waals surface area (Å²) < 4.78 is 7.35. The Morgan fingerprint density at radius 2 is 2.17 bits per heavy atom. The Labute approximate surface area is 135 Å². The maximum Gasteiger partial charge on any atom is 0.234 e. The molecule has 0 saturated carbocycles. The highest BCUT2D eigenvalue weighted by Crippen LogP contribution is 2.14. The predicted octanol–water partition coefficient (Wildman–Crippen LogP) is 0.934. The van der Waals surface area contributed by atoms with Gasteiger partial charge in [0.25, 0.3) is 0 Å². The van der Waals surface area contributed by atoms with Crippen molar-refractivity contribution in [1.29, 1.82) is 0 Å². The van der Waals surface area contributed by atoms with Crippen molar-refractivity contribution in [2.24, 2.45) is 0 Å². The summed E-state index contributed by atoms with van der Waals surface area (Å²) in [6, 6.07) is 3.68. The number of nitrogens with zero attached hydrogens (tertiary/aromatic N) is 4. The van der Waals surface area contributed by atoms with Crippen molar-refractivity contribution >= 4 is 11.9 Å². The van der Waals surface area contributed by atoms with E-state index in [0.717, 1.165) is 44.4 Å². The van der Waals surface area contributed by atoms with Crippen molar-refractivity contribution in [3.63, 3.8) is 0 Å². The summed E-state index contributed by atoms with van der Waals surface area (Å²) in [5, 5.41) is 2.88. The maximum atomic E-state index is 12.0. The van der Waals surface area contributed by atoms with Gasteiger partial charge in [-0.1, -0.05) is 0 Å². The molecule has 2 aromatic heterocycles. The third-order valence-corrected chi connectivity index (χ3v) is 4.10. The number of hydrogen-bond acceptors (Lipinski definition) is 5. The first-order valence-corrected chi connectivity index (χ1v) is 8.03. The zero-order valence-corrected chi connectivity index (χ0v) is 13.4. The van der Waals surface area contributed by atoms with Crippen LogP contribution in [0.1, 0.15) is 12.7 Å². The first-order valence-electron chi connectivity index (χ1n) is 8.03. The number of furan rings is 1. The average Bonchev–Trinajstić information content (AvgIpc) is 3.25. The van der Waals surface area contributed by atoms with Gasteiger partial charge in [0.15, 0.2) is 0 Å². The molecule has 1 fully saturated rings. The predicted molar refractivity (Wildman–Crippen MR) is 87.1 cm³/mol. The van der Waals surface area contributed by atoms with Crippen molar-refractivity contribution in [1.82, 2.24) is 19.8 Å². The molecule has 0 aliphatic carbocycles. The van der Waals surface area contributed by atoms with E-state index < -0.39 is 0 Å². The lowest BCUT2D eigenvalue weighted by molar-refractivity contribution is -0.122. The molecule has 1 aliphatic heterocycles. The van der Waals surface area contributed by atoms with Gasteiger partial charge in [0.05, 0.1) is 19.4 Å². The van der Waals surface area contributed by atoms with Crippen LogP contribution < -0.4 is 10.2 Å². The number of imidazole rings is 1. The normalized spacial score (nSPS) is 15.8. The summed E-state index contributed by atoms with van der Waals surface area (Å²) in [5.41, 5.74) is 0. The summed E-state index contributed by atoms with van der Waals surface area (Å²) in [6.07, 6.45) is 5.46. The molecular weight excluding hydrogens is 294 g/mol. The Hall–Kier alpha value is -2.28. The van der Waals surface area contributed by atoms with Gasteiger partial charge in [0, 0.05) is 45.1 Å². The summed E-state index contributed by atoms with van der Waals surface area (Å²) >= 11 is 0. The number of hydrogen-bond donors (Lipinski definition) is 1. The fraction of sp³-hybridized carbons (Fsp3) is 0.500. The van der Waals surface area contributed by atoms with Gasteiger partial charge in [-0.3, -0.25) is 9.69 Å². The summed E-state index contributed by atoms with van der Waals surface area (Å²) in [6.45, 7) is 7.42. The van der Waals surface area contributed by atoms with E-state index in [1.54, 1.807) is 6.26 Å². The van der Waals surface area contributed by atoms with Crippen molar-refractivity contribution in [2.75, 3.05) is 37.6 Å². The molecule has 23 heavy (non-hydrogen) atoms. The van der Waals surface area contributed by atoms with E-state index in [9.17, 15) is 4.79 Å². The van der Waals surface area contributed by atoms with Gasteiger partial charge in [-0.05, 0) is 19.1 Å². The zero-order valence-electron chi connectivity index (χ0n) is 13.4. The highest BCUT2D eigenvalue weighted by Gasteiger charge is 2.21. The van der Waals surface area contributed by atoms with Gasteiger partial charge in [-0.15, -0.1) is 0 Å². The molecule has 1 amide bonds. The zero-order chi connectivity index (χ0) is 16.1. The number of piperazine rings is 1. The minimum Gasteiger partial charge on any atom is -0.467 e. The molecule has 1 aliphatic rings. The maximum absolute atomic E-state index is 12.0. The number of rotatable bonds is 6. The van der Waals surface area contributed by atoms with E-state index in [4.69, 9.17) is 4.42 Å². The summed E-state index contributed by atoms with van der Waals surface area (Å²) in [4.78, 5) is 20.9. The number of aromatic nitrogens is 2. The van der Waals surface area contributed by atoms with Crippen LogP contribution in [0.4, 0.5) is 5.95 Å². The third-order valence-electron chi connectivity index (χ3n) is 4.10. The number of nitrogens with one attached hydrogen (secondary N) is 1. The Morgan fingerprint density at radius 1 is 1.35 bits per heavy atom. The Bertz CT molecular complexity index is 614. The highest BCUT2D eigenvalue weighted by molar-refractivity contribution is 5.77. The van der Waals surface area contributed by atoms with E-state index in [-0.39, 0.29) is 5.91 Å². The van der Waals surface area contributed by atoms with E-state index in [1.807, 2.05) is 24.5 Å². The first kappa shape index (κ1) is 15.6.